The summed E-state index contributed by atoms with van der Waals surface area (Å²) in [5, 5.41) is 3.86. The summed E-state index contributed by atoms with van der Waals surface area (Å²) < 4.78 is 15.5. The Balaban J connectivity index is 2.62. The van der Waals surface area contributed by atoms with Gasteiger partial charge in [0, 0.05) is 11.6 Å². The zero-order valence-electron chi connectivity index (χ0n) is 9.98. The van der Waals surface area contributed by atoms with Gasteiger partial charge in [-0.3, -0.25) is 0 Å². The number of nitrogens with two attached hydrogens (primary N) is 1. The van der Waals surface area contributed by atoms with Crippen LogP contribution in [0.5, 0.6) is 11.5 Å². The van der Waals surface area contributed by atoms with Crippen molar-refractivity contribution in [2.75, 3.05) is 20.0 Å². The fourth-order valence-electron chi connectivity index (χ4n) is 1.74. The molecule has 0 aliphatic carbocycles. The summed E-state index contributed by atoms with van der Waals surface area (Å²) in [6.45, 7) is 1.95. The average molecular weight is 234 g/mol. The van der Waals surface area contributed by atoms with Crippen LogP contribution in [0.2, 0.25) is 0 Å². The maximum atomic E-state index is 5.51. The Bertz CT molecular complexity index is 535. The number of hydrogen-bond acceptors (Lipinski definition) is 5. The molecule has 0 unspecified atom stereocenters. The van der Waals surface area contributed by atoms with Gasteiger partial charge in [-0.15, -0.1) is 0 Å². The lowest BCUT2D eigenvalue weighted by molar-refractivity contribution is 0.353. The smallest absolute Gasteiger partial charge is 0.222 e. The molecule has 0 amide bonds. The molecule has 17 heavy (non-hydrogen) atoms. The Labute approximate surface area is 99.1 Å². The summed E-state index contributed by atoms with van der Waals surface area (Å²) in [7, 11) is 3.19. The molecule has 1 aromatic heterocycles. The van der Waals surface area contributed by atoms with E-state index in [1.54, 1.807) is 20.3 Å². The molecule has 1 aromatic carbocycles. The predicted octanol–water partition coefficient (Wildman–Crippen LogP) is 2.25. The molecular formula is C12H14N2O3. The van der Waals surface area contributed by atoms with Gasteiger partial charge in [0.2, 0.25) is 5.88 Å². The van der Waals surface area contributed by atoms with E-state index in [0.717, 1.165) is 11.1 Å². The molecule has 2 rings (SSSR count). The van der Waals surface area contributed by atoms with Gasteiger partial charge in [0.15, 0.2) is 11.5 Å². The van der Waals surface area contributed by atoms with Gasteiger partial charge in [-0.2, -0.15) is 0 Å². The third kappa shape index (κ3) is 1.91. The first-order valence-electron chi connectivity index (χ1n) is 5.11. The van der Waals surface area contributed by atoms with Crippen LogP contribution >= 0.6 is 0 Å². The molecule has 0 radical (unpaired) electrons. The van der Waals surface area contributed by atoms with E-state index in [-0.39, 0.29) is 5.88 Å². The third-order valence-corrected chi connectivity index (χ3v) is 2.52. The van der Waals surface area contributed by atoms with Crippen LogP contribution in [0.4, 0.5) is 5.88 Å². The van der Waals surface area contributed by atoms with Gasteiger partial charge in [-0.05, 0) is 18.6 Å². The van der Waals surface area contributed by atoms with E-state index in [1.807, 2.05) is 19.1 Å². The van der Waals surface area contributed by atoms with Crippen LogP contribution in [-0.2, 0) is 0 Å². The lowest BCUT2D eigenvalue weighted by atomic mass is 10.1. The van der Waals surface area contributed by atoms with Gasteiger partial charge in [0.05, 0.1) is 14.2 Å². The number of aryl methyl sites for hydroxylation is 1. The lowest BCUT2D eigenvalue weighted by Gasteiger charge is -2.13. The zero-order chi connectivity index (χ0) is 12.4. The van der Waals surface area contributed by atoms with E-state index in [9.17, 15) is 0 Å². The largest absolute Gasteiger partial charge is 0.493 e. The quantitative estimate of drug-likeness (QED) is 0.881. The Morgan fingerprint density at radius 1 is 1.18 bits per heavy atom. The molecule has 5 heteroatoms. The SMILES string of the molecule is COc1c(C)ccc(-c2cc(N)on2)c1OC. The van der Waals surface area contributed by atoms with E-state index >= 15 is 0 Å². The molecule has 0 atom stereocenters. The van der Waals surface area contributed by atoms with Gasteiger partial charge < -0.3 is 19.7 Å². The van der Waals surface area contributed by atoms with Gasteiger partial charge >= 0.3 is 0 Å². The molecule has 0 spiro atoms. The third-order valence-electron chi connectivity index (χ3n) is 2.52. The van der Waals surface area contributed by atoms with Crippen molar-refractivity contribution in [3.8, 4) is 22.8 Å². The number of hydrogen-bond donors (Lipinski definition) is 1. The van der Waals surface area contributed by atoms with Crippen LogP contribution in [0.3, 0.4) is 0 Å². The van der Waals surface area contributed by atoms with Crippen molar-refractivity contribution >= 4 is 5.88 Å². The van der Waals surface area contributed by atoms with Crippen LogP contribution in [0.25, 0.3) is 11.3 Å². The summed E-state index contributed by atoms with van der Waals surface area (Å²) in [6, 6.07) is 5.47. The molecule has 0 fully saturated rings. The molecule has 1 heterocycles. The molecular weight excluding hydrogens is 220 g/mol. The van der Waals surface area contributed by atoms with Gasteiger partial charge in [0.25, 0.3) is 0 Å². The number of aromatic nitrogens is 1. The minimum atomic E-state index is 0.265. The molecule has 90 valence electrons. The molecule has 0 saturated carbocycles. The Kier molecular flexibility index (Phi) is 2.91. The van der Waals surface area contributed by atoms with Crippen LogP contribution in [0.1, 0.15) is 5.56 Å². The summed E-state index contributed by atoms with van der Waals surface area (Å²) in [5.74, 6) is 1.58. The van der Waals surface area contributed by atoms with Crippen molar-refractivity contribution in [3.63, 3.8) is 0 Å². The van der Waals surface area contributed by atoms with Gasteiger partial charge in [0.1, 0.15) is 5.69 Å². The maximum Gasteiger partial charge on any atom is 0.222 e. The Hall–Kier alpha value is -2.17. The lowest BCUT2D eigenvalue weighted by Crippen LogP contribution is -1.95. The molecule has 5 nitrogen and oxygen atoms in total. The van der Waals surface area contributed by atoms with Gasteiger partial charge in [-0.1, -0.05) is 11.2 Å². The van der Waals surface area contributed by atoms with Crippen LogP contribution in [-0.4, -0.2) is 19.4 Å². The Morgan fingerprint density at radius 2 is 1.88 bits per heavy atom. The van der Waals surface area contributed by atoms with Crippen LogP contribution < -0.4 is 15.2 Å². The van der Waals surface area contributed by atoms with Crippen LogP contribution in [0, 0.1) is 6.92 Å². The second-order valence-corrected chi connectivity index (χ2v) is 3.61. The first kappa shape index (κ1) is 11.3. The highest BCUT2D eigenvalue weighted by atomic mass is 16.5. The molecule has 0 aliphatic rings. The Morgan fingerprint density at radius 3 is 2.41 bits per heavy atom. The van der Waals surface area contributed by atoms with Crippen molar-refractivity contribution in [1.82, 2.24) is 5.16 Å². The molecule has 2 N–H and O–H groups in total. The molecule has 0 bridgehead atoms. The number of nitrogens with zero attached hydrogens (tertiary/aromatic N) is 1. The first-order valence-corrected chi connectivity index (χ1v) is 5.11. The molecule has 2 aromatic rings. The maximum absolute atomic E-state index is 5.51. The number of benzene rings is 1. The van der Waals surface area contributed by atoms with Crippen molar-refractivity contribution < 1.29 is 14.0 Å². The summed E-state index contributed by atoms with van der Waals surface area (Å²) in [4.78, 5) is 0. The zero-order valence-corrected chi connectivity index (χ0v) is 9.98. The number of rotatable bonds is 3. The monoisotopic (exact) mass is 234 g/mol. The fourth-order valence-corrected chi connectivity index (χ4v) is 1.74. The second-order valence-electron chi connectivity index (χ2n) is 3.61. The number of anilines is 1. The summed E-state index contributed by atoms with van der Waals surface area (Å²) in [5.41, 5.74) is 7.91. The number of nitrogen functional groups attached to an aromatic ring is 1. The highest BCUT2D eigenvalue weighted by molar-refractivity contribution is 5.73. The fraction of sp³-hybridized carbons (Fsp3) is 0.250. The van der Waals surface area contributed by atoms with Crippen LogP contribution in [0.15, 0.2) is 22.7 Å². The summed E-state index contributed by atoms with van der Waals surface area (Å²) >= 11 is 0. The van der Waals surface area contributed by atoms with E-state index in [0.29, 0.717) is 17.2 Å². The van der Waals surface area contributed by atoms with E-state index in [2.05, 4.69) is 5.16 Å². The van der Waals surface area contributed by atoms with Crippen molar-refractivity contribution in [2.45, 2.75) is 6.92 Å². The minimum Gasteiger partial charge on any atom is -0.493 e. The van der Waals surface area contributed by atoms with Crippen molar-refractivity contribution in [1.29, 1.82) is 0 Å². The normalized spacial score (nSPS) is 10.3. The minimum absolute atomic E-state index is 0.265. The molecule has 0 saturated heterocycles. The van der Waals surface area contributed by atoms with E-state index in [1.165, 1.54) is 0 Å². The second kappa shape index (κ2) is 4.37. The first-order chi connectivity index (χ1) is 8.17. The highest BCUT2D eigenvalue weighted by Gasteiger charge is 2.16. The van der Waals surface area contributed by atoms with Crippen molar-refractivity contribution in [3.05, 3.63) is 23.8 Å². The average Bonchev–Trinajstić information content (AvgIpc) is 2.75. The number of ether oxygens (including phenoxy) is 2. The van der Waals surface area contributed by atoms with E-state index < -0.39 is 0 Å². The standard InChI is InChI=1S/C12H14N2O3/c1-7-4-5-8(9-6-10(13)17-14-9)12(16-3)11(7)15-2/h4-6H,13H2,1-3H3. The van der Waals surface area contributed by atoms with E-state index in [4.69, 9.17) is 19.7 Å². The number of methoxy groups -OCH3 is 2. The highest BCUT2D eigenvalue weighted by Crippen LogP contribution is 2.39. The predicted molar refractivity (Wildman–Crippen MR) is 64.2 cm³/mol. The topological polar surface area (TPSA) is 70.5 Å². The van der Waals surface area contributed by atoms with Crippen molar-refractivity contribution in [2.24, 2.45) is 0 Å². The van der Waals surface area contributed by atoms with Gasteiger partial charge in [-0.25, -0.2) is 0 Å². The molecule has 0 aliphatic heterocycles. The summed E-state index contributed by atoms with van der Waals surface area (Å²) in [6.07, 6.45) is 0.